The number of rotatable bonds is 4. The van der Waals surface area contributed by atoms with E-state index in [9.17, 15) is 9.59 Å². The van der Waals surface area contributed by atoms with Gasteiger partial charge in [-0.2, -0.15) is 0 Å². The maximum atomic E-state index is 12.4. The molecule has 0 bridgehead atoms. The van der Waals surface area contributed by atoms with Crippen molar-refractivity contribution in [2.75, 3.05) is 25.1 Å². The quantitative estimate of drug-likeness (QED) is 0.848. The van der Waals surface area contributed by atoms with Gasteiger partial charge in [0.05, 0.1) is 23.9 Å². The van der Waals surface area contributed by atoms with Crippen molar-refractivity contribution in [1.82, 2.24) is 5.32 Å². The van der Waals surface area contributed by atoms with Crippen LogP contribution < -0.4 is 10.2 Å². The lowest BCUT2D eigenvalue weighted by Crippen LogP contribution is -2.42. The van der Waals surface area contributed by atoms with Crippen molar-refractivity contribution in [3.05, 3.63) is 29.8 Å². The summed E-state index contributed by atoms with van der Waals surface area (Å²) < 4.78 is 5.03. The van der Waals surface area contributed by atoms with Gasteiger partial charge in [-0.05, 0) is 38.4 Å². The molecule has 1 unspecified atom stereocenters. The van der Waals surface area contributed by atoms with Crippen molar-refractivity contribution < 1.29 is 14.3 Å². The third kappa shape index (κ3) is 2.99. The van der Waals surface area contributed by atoms with Gasteiger partial charge in [-0.25, -0.2) is 4.79 Å². The van der Waals surface area contributed by atoms with Crippen molar-refractivity contribution in [3.8, 4) is 0 Å². The van der Waals surface area contributed by atoms with Crippen molar-refractivity contribution in [1.29, 1.82) is 0 Å². The van der Waals surface area contributed by atoms with E-state index in [1.54, 1.807) is 32.2 Å². The number of hydrogen-bond acceptors (Lipinski definition) is 4. The molecule has 20 heavy (non-hydrogen) atoms. The Morgan fingerprint density at radius 3 is 2.80 bits per heavy atom. The molecule has 2 rings (SSSR count). The Morgan fingerprint density at radius 2 is 2.15 bits per heavy atom. The summed E-state index contributed by atoms with van der Waals surface area (Å²) in [6, 6.07) is 6.86. The molecule has 1 aliphatic rings. The molecule has 5 heteroatoms. The molecule has 5 nitrogen and oxygen atoms in total. The SMILES string of the molecule is CCOC(=O)c1ccccc1N(C)C(=O)C1CCCN1. The maximum Gasteiger partial charge on any atom is 0.340 e. The van der Waals surface area contributed by atoms with Crippen LogP contribution in [0.25, 0.3) is 0 Å². The molecule has 1 saturated heterocycles. The van der Waals surface area contributed by atoms with Crippen LogP contribution in [0.15, 0.2) is 24.3 Å². The van der Waals surface area contributed by atoms with Gasteiger partial charge in [0.1, 0.15) is 0 Å². The van der Waals surface area contributed by atoms with Crippen LogP contribution in [0.3, 0.4) is 0 Å². The van der Waals surface area contributed by atoms with E-state index in [-0.39, 0.29) is 11.9 Å². The van der Waals surface area contributed by atoms with Crippen LogP contribution in [0, 0.1) is 0 Å². The molecule has 108 valence electrons. The second-order valence-corrected chi connectivity index (χ2v) is 4.78. The number of ether oxygens (including phenoxy) is 1. The zero-order valence-electron chi connectivity index (χ0n) is 11.9. The fraction of sp³-hybridized carbons (Fsp3) is 0.467. The lowest BCUT2D eigenvalue weighted by Gasteiger charge is -2.23. The van der Waals surface area contributed by atoms with Crippen LogP contribution in [-0.4, -0.2) is 38.1 Å². The molecule has 0 spiro atoms. The Bertz CT molecular complexity index is 496. The van der Waals surface area contributed by atoms with Crippen LogP contribution >= 0.6 is 0 Å². The lowest BCUT2D eigenvalue weighted by molar-refractivity contribution is -0.119. The molecule has 0 saturated carbocycles. The Kier molecular flexibility index (Phi) is 4.74. The summed E-state index contributed by atoms with van der Waals surface area (Å²) in [5, 5.41) is 3.17. The lowest BCUT2D eigenvalue weighted by atomic mass is 10.1. The van der Waals surface area contributed by atoms with Crippen molar-refractivity contribution >= 4 is 17.6 Å². The maximum absolute atomic E-state index is 12.4. The molecule has 1 N–H and O–H groups in total. The first kappa shape index (κ1) is 14.5. The van der Waals surface area contributed by atoms with Crippen LogP contribution in [0.2, 0.25) is 0 Å². The molecule has 0 aliphatic carbocycles. The monoisotopic (exact) mass is 276 g/mol. The van der Waals surface area contributed by atoms with Crippen LogP contribution in [0.5, 0.6) is 0 Å². The highest BCUT2D eigenvalue weighted by molar-refractivity contribution is 6.04. The van der Waals surface area contributed by atoms with Gasteiger partial charge in [0.2, 0.25) is 5.91 Å². The number of esters is 1. The van der Waals surface area contributed by atoms with Gasteiger partial charge in [-0.3, -0.25) is 4.79 Å². The number of benzene rings is 1. The fourth-order valence-electron chi connectivity index (χ4n) is 2.40. The number of nitrogens with zero attached hydrogens (tertiary/aromatic N) is 1. The van der Waals surface area contributed by atoms with E-state index in [2.05, 4.69) is 5.32 Å². The number of likely N-dealkylation sites (N-methyl/N-ethyl adjacent to an activating group) is 1. The Hall–Kier alpha value is -1.88. The molecule has 1 aromatic carbocycles. The first-order valence-corrected chi connectivity index (χ1v) is 6.92. The number of hydrogen-bond donors (Lipinski definition) is 1. The van der Waals surface area contributed by atoms with Gasteiger partial charge in [-0.1, -0.05) is 12.1 Å². The van der Waals surface area contributed by atoms with Crippen molar-refractivity contribution in [2.24, 2.45) is 0 Å². The molecule has 1 fully saturated rings. The standard InChI is InChI=1S/C15H20N2O3/c1-3-20-15(19)11-7-4-5-9-13(11)17(2)14(18)12-8-6-10-16-12/h4-5,7,9,12,16H,3,6,8,10H2,1-2H3. The van der Waals surface area contributed by atoms with Crippen LogP contribution in [-0.2, 0) is 9.53 Å². The number of para-hydroxylation sites is 1. The molecule has 1 aromatic rings. The topological polar surface area (TPSA) is 58.6 Å². The van der Waals surface area contributed by atoms with Crippen LogP contribution in [0.4, 0.5) is 5.69 Å². The van der Waals surface area contributed by atoms with Gasteiger partial charge < -0.3 is 15.0 Å². The third-order valence-electron chi connectivity index (χ3n) is 3.45. The molecular weight excluding hydrogens is 256 g/mol. The van der Waals surface area contributed by atoms with E-state index in [0.29, 0.717) is 17.9 Å². The minimum atomic E-state index is -0.401. The zero-order valence-corrected chi connectivity index (χ0v) is 11.9. The molecule has 0 aromatic heterocycles. The average Bonchev–Trinajstić information content (AvgIpc) is 3.00. The van der Waals surface area contributed by atoms with E-state index >= 15 is 0 Å². The smallest absolute Gasteiger partial charge is 0.340 e. The summed E-state index contributed by atoms with van der Waals surface area (Å²) in [6.45, 7) is 2.94. The van der Waals surface area contributed by atoms with Crippen molar-refractivity contribution in [2.45, 2.75) is 25.8 Å². The molecule has 1 heterocycles. The molecule has 0 radical (unpaired) electrons. The second kappa shape index (κ2) is 6.52. The summed E-state index contributed by atoms with van der Waals surface area (Å²) in [7, 11) is 1.69. The highest BCUT2D eigenvalue weighted by Crippen LogP contribution is 2.22. The normalized spacial score (nSPS) is 17.8. The number of carbonyl (C=O) groups is 2. The number of anilines is 1. The number of nitrogens with one attached hydrogen (secondary N) is 1. The third-order valence-corrected chi connectivity index (χ3v) is 3.45. The summed E-state index contributed by atoms with van der Waals surface area (Å²) in [4.78, 5) is 25.9. The number of carbonyl (C=O) groups excluding carboxylic acids is 2. The molecule has 1 amide bonds. The predicted molar refractivity (Wildman–Crippen MR) is 76.8 cm³/mol. The van der Waals surface area contributed by atoms with E-state index < -0.39 is 5.97 Å². The Balaban J connectivity index is 2.22. The molecule has 1 aliphatic heterocycles. The average molecular weight is 276 g/mol. The van der Waals surface area contributed by atoms with E-state index in [1.165, 1.54) is 4.90 Å². The fourth-order valence-corrected chi connectivity index (χ4v) is 2.40. The first-order chi connectivity index (χ1) is 9.65. The minimum Gasteiger partial charge on any atom is -0.462 e. The summed E-state index contributed by atoms with van der Waals surface area (Å²) in [6.07, 6.45) is 1.84. The van der Waals surface area contributed by atoms with E-state index in [4.69, 9.17) is 4.74 Å². The molecular formula is C15H20N2O3. The van der Waals surface area contributed by atoms with Gasteiger partial charge in [0.15, 0.2) is 0 Å². The molecule has 1 atom stereocenters. The summed E-state index contributed by atoms with van der Waals surface area (Å²) >= 11 is 0. The summed E-state index contributed by atoms with van der Waals surface area (Å²) in [5.74, 6) is -0.415. The minimum absolute atomic E-state index is 0.0146. The first-order valence-electron chi connectivity index (χ1n) is 6.92. The van der Waals surface area contributed by atoms with Gasteiger partial charge in [0, 0.05) is 7.05 Å². The Morgan fingerprint density at radius 1 is 1.40 bits per heavy atom. The van der Waals surface area contributed by atoms with Crippen molar-refractivity contribution in [3.63, 3.8) is 0 Å². The number of amides is 1. The van der Waals surface area contributed by atoms with Gasteiger partial charge in [0.25, 0.3) is 0 Å². The largest absolute Gasteiger partial charge is 0.462 e. The highest BCUT2D eigenvalue weighted by Gasteiger charge is 2.27. The Labute approximate surface area is 118 Å². The second-order valence-electron chi connectivity index (χ2n) is 4.78. The van der Waals surface area contributed by atoms with Gasteiger partial charge in [-0.15, -0.1) is 0 Å². The summed E-state index contributed by atoms with van der Waals surface area (Å²) in [5.41, 5.74) is 1.01. The predicted octanol–water partition coefficient (Wildman–Crippen LogP) is 1.58. The van der Waals surface area contributed by atoms with Crippen LogP contribution in [0.1, 0.15) is 30.1 Å². The van der Waals surface area contributed by atoms with Gasteiger partial charge >= 0.3 is 5.97 Å². The van der Waals surface area contributed by atoms with E-state index in [1.807, 2.05) is 6.07 Å². The zero-order chi connectivity index (χ0) is 14.5. The highest BCUT2D eigenvalue weighted by atomic mass is 16.5. The van der Waals surface area contributed by atoms with E-state index in [0.717, 1.165) is 19.4 Å².